The molecule has 1 aromatic carbocycles. The Kier molecular flexibility index (Phi) is 3.87. The van der Waals surface area contributed by atoms with Gasteiger partial charge in [0.1, 0.15) is 5.69 Å². The molecule has 3 rings (SSSR count). The Hall–Kier alpha value is -1.30. The lowest BCUT2D eigenvalue weighted by Crippen LogP contribution is -2.37. The van der Waals surface area contributed by atoms with Crippen molar-refractivity contribution in [3.63, 3.8) is 0 Å². The highest BCUT2D eigenvalue weighted by Crippen LogP contribution is 2.24. The summed E-state index contributed by atoms with van der Waals surface area (Å²) >= 11 is 1.25. The van der Waals surface area contributed by atoms with Crippen molar-refractivity contribution in [2.45, 2.75) is 13.0 Å². The van der Waals surface area contributed by atoms with Crippen molar-refractivity contribution in [3.8, 4) is 11.3 Å². The summed E-state index contributed by atoms with van der Waals surface area (Å²) in [6.07, 6.45) is 1.81. The van der Waals surface area contributed by atoms with E-state index >= 15 is 0 Å². The van der Waals surface area contributed by atoms with E-state index in [2.05, 4.69) is 44.8 Å². The zero-order valence-corrected chi connectivity index (χ0v) is 11.8. The van der Waals surface area contributed by atoms with Crippen LogP contribution in [0.1, 0.15) is 18.5 Å². The highest BCUT2D eigenvalue weighted by Gasteiger charge is 2.18. The summed E-state index contributed by atoms with van der Waals surface area (Å²) in [6, 6.07) is 9.07. The molecule has 0 amide bonds. The summed E-state index contributed by atoms with van der Waals surface area (Å²) < 4.78 is 13.7. The minimum atomic E-state index is 0.437. The number of rotatable bonds is 3. The fourth-order valence-corrected chi connectivity index (χ4v) is 2.83. The number of ether oxygens (including phenoxy) is 1. The van der Waals surface area contributed by atoms with Crippen LogP contribution in [0.15, 0.2) is 30.5 Å². The van der Waals surface area contributed by atoms with E-state index in [1.54, 1.807) is 0 Å². The number of hydrogen-bond acceptors (Lipinski definition) is 5. The summed E-state index contributed by atoms with van der Waals surface area (Å²) in [5, 5.41) is 0. The van der Waals surface area contributed by atoms with Gasteiger partial charge in [0.15, 0.2) is 0 Å². The molecule has 0 spiro atoms. The fourth-order valence-electron chi connectivity index (χ4n) is 2.40. The van der Waals surface area contributed by atoms with E-state index in [0.717, 1.165) is 37.6 Å². The minimum Gasteiger partial charge on any atom is -0.379 e. The van der Waals surface area contributed by atoms with Crippen LogP contribution in [-0.2, 0) is 4.74 Å². The van der Waals surface area contributed by atoms with Crippen LogP contribution in [0.25, 0.3) is 11.3 Å². The van der Waals surface area contributed by atoms with Gasteiger partial charge in [-0.2, -0.15) is 8.75 Å². The third-order valence-electron chi connectivity index (χ3n) is 3.64. The molecule has 1 aliphatic heterocycles. The molecule has 1 saturated heterocycles. The van der Waals surface area contributed by atoms with Crippen molar-refractivity contribution in [2.24, 2.45) is 0 Å². The van der Waals surface area contributed by atoms with Crippen molar-refractivity contribution in [2.75, 3.05) is 26.3 Å². The van der Waals surface area contributed by atoms with E-state index in [1.807, 2.05) is 6.20 Å². The Bertz CT molecular complexity index is 506. The molecule has 1 aromatic heterocycles. The van der Waals surface area contributed by atoms with E-state index in [4.69, 9.17) is 4.74 Å². The number of hydrogen-bond donors (Lipinski definition) is 0. The molecule has 0 unspecified atom stereocenters. The monoisotopic (exact) mass is 275 g/mol. The van der Waals surface area contributed by atoms with Gasteiger partial charge in [0.2, 0.25) is 0 Å². The van der Waals surface area contributed by atoms with Gasteiger partial charge in [0, 0.05) is 24.7 Å². The van der Waals surface area contributed by atoms with Crippen molar-refractivity contribution in [1.82, 2.24) is 13.6 Å². The van der Waals surface area contributed by atoms with Gasteiger partial charge in [-0.3, -0.25) is 4.90 Å². The molecule has 0 bridgehead atoms. The molecule has 2 aromatic rings. The van der Waals surface area contributed by atoms with Crippen LogP contribution in [-0.4, -0.2) is 40.0 Å². The van der Waals surface area contributed by atoms with Gasteiger partial charge < -0.3 is 4.74 Å². The lowest BCUT2D eigenvalue weighted by atomic mass is 10.0. The molecular weight excluding hydrogens is 258 g/mol. The third kappa shape index (κ3) is 2.83. The van der Waals surface area contributed by atoms with Gasteiger partial charge >= 0.3 is 0 Å². The minimum absolute atomic E-state index is 0.437. The Morgan fingerprint density at radius 1 is 1.21 bits per heavy atom. The number of morpholine rings is 1. The van der Waals surface area contributed by atoms with Crippen LogP contribution in [0.4, 0.5) is 0 Å². The van der Waals surface area contributed by atoms with Crippen LogP contribution in [0.2, 0.25) is 0 Å². The second-order valence-corrected chi connectivity index (χ2v) is 5.30. The molecule has 1 atom stereocenters. The van der Waals surface area contributed by atoms with E-state index in [9.17, 15) is 0 Å². The molecule has 5 heteroatoms. The van der Waals surface area contributed by atoms with Crippen LogP contribution in [0.5, 0.6) is 0 Å². The quantitative estimate of drug-likeness (QED) is 0.863. The van der Waals surface area contributed by atoms with E-state index in [-0.39, 0.29) is 0 Å². The van der Waals surface area contributed by atoms with Crippen LogP contribution >= 0.6 is 11.7 Å². The van der Waals surface area contributed by atoms with Crippen LogP contribution < -0.4 is 0 Å². The maximum absolute atomic E-state index is 5.40. The lowest BCUT2D eigenvalue weighted by molar-refractivity contribution is 0.0198. The van der Waals surface area contributed by atoms with Gasteiger partial charge in [-0.05, 0) is 12.5 Å². The third-order valence-corrected chi connectivity index (χ3v) is 4.12. The first-order valence-corrected chi connectivity index (χ1v) is 7.27. The van der Waals surface area contributed by atoms with Crippen molar-refractivity contribution in [1.29, 1.82) is 0 Å². The Labute approximate surface area is 117 Å². The zero-order valence-electron chi connectivity index (χ0n) is 11.0. The topological polar surface area (TPSA) is 38.2 Å². The molecule has 2 heterocycles. The molecular formula is C14H17N3OS. The fraction of sp³-hybridized carbons (Fsp3) is 0.429. The molecule has 1 aliphatic rings. The summed E-state index contributed by atoms with van der Waals surface area (Å²) in [4.78, 5) is 2.46. The van der Waals surface area contributed by atoms with Gasteiger partial charge in [-0.25, -0.2) is 0 Å². The van der Waals surface area contributed by atoms with Crippen molar-refractivity contribution < 1.29 is 4.74 Å². The average Bonchev–Trinajstić information content (AvgIpc) is 3.02. The molecule has 1 fully saturated rings. The SMILES string of the molecule is C[C@@H](c1ccc(-c2cnsn2)cc1)N1CCOCC1. The van der Waals surface area contributed by atoms with Gasteiger partial charge in [0.25, 0.3) is 0 Å². The lowest BCUT2D eigenvalue weighted by Gasteiger charge is -2.32. The maximum Gasteiger partial charge on any atom is 0.104 e. The van der Waals surface area contributed by atoms with E-state index < -0.39 is 0 Å². The zero-order chi connectivity index (χ0) is 13.1. The predicted molar refractivity (Wildman–Crippen MR) is 76.2 cm³/mol. The number of benzene rings is 1. The molecule has 0 N–H and O–H groups in total. The Morgan fingerprint density at radius 3 is 2.58 bits per heavy atom. The molecule has 0 saturated carbocycles. The number of aromatic nitrogens is 2. The van der Waals surface area contributed by atoms with Gasteiger partial charge in [0.05, 0.1) is 31.1 Å². The summed E-state index contributed by atoms with van der Waals surface area (Å²) in [6.45, 7) is 5.96. The summed E-state index contributed by atoms with van der Waals surface area (Å²) in [7, 11) is 0. The van der Waals surface area contributed by atoms with Crippen LogP contribution in [0, 0.1) is 0 Å². The van der Waals surface area contributed by atoms with Crippen molar-refractivity contribution in [3.05, 3.63) is 36.0 Å². The van der Waals surface area contributed by atoms with Crippen molar-refractivity contribution >= 4 is 11.7 Å². The Morgan fingerprint density at radius 2 is 1.95 bits per heavy atom. The molecule has 100 valence electrons. The summed E-state index contributed by atoms with van der Waals surface area (Å²) in [5.41, 5.74) is 3.43. The summed E-state index contributed by atoms with van der Waals surface area (Å²) in [5.74, 6) is 0. The first-order valence-electron chi connectivity index (χ1n) is 6.54. The Balaban J connectivity index is 1.74. The normalized spacial score (nSPS) is 18.4. The molecule has 4 nitrogen and oxygen atoms in total. The molecule has 0 aliphatic carbocycles. The van der Waals surface area contributed by atoms with E-state index in [0.29, 0.717) is 6.04 Å². The second-order valence-electron chi connectivity index (χ2n) is 4.74. The number of nitrogens with zero attached hydrogens (tertiary/aromatic N) is 3. The first-order chi connectivity index (χ1) is 9.34. The molecule has 19 heavy (non-hydrogen) atoms. The van der Waals surface area contributed by atoms with Gasteiger partial charge in [-0.1, -0.05) is 24.3 Å². The van der Waals surface area contributed by atoms with Crippen LogP contribution in [0.3, 0.4) is 0 Å². The standard InChI is InChI=1S/C14H17N3OS/c1-11(17-6-8-18-9-7-17)12-2-4-13(5-3-12)14-10-15-19-16-14/h2-5,10-11H,6-9H2,1H3/t11-/m0/s1. The highest BCUT2D eigenvalue weighted by atomic mass is 32.1. The van der Waals surface area contributed by atoms with E-state index in [1.165, 1.54) is 17.3 Å². The second kappa shape index (κ2) is 5.77. The molecule has 0 radical (unpaired) electrons. The maximum atomic E-state index is 5.40. The predicted octanol–water partition coefficient (Wildman–Crippen LogP) is 2.60. The largest absolute Gasteiger partial charge is 0.379 e. The smallest absolute Gasteiger partial charge is 0.104 e. The highest BCUT2D eigenvalue weighted by molar-refractivity contribution is 6.99. The first kappa shape index (κ1) is 12.7. The average molecular weight is 275 g/mol. The van der Waals surface area contributed by atoms with Gasteiger partial charge in [-0.15, -0.1) is 0 Å².